The fraction of sp³-hybridized carbons (Fsp3) is 0.938. The molecule has 134 valence electrons. The molecule has 2 fully saturated rings. The maximum absolute atomic E-state index is 12.3. The molecule has 1 N–H and O–H groups in total. The number of alkyl halides is 3. The Morgan fingerprint density at radius 3 is 2.57 bits per heavy atom. The summed E-state index contributed by atoms with van der Waals surface area (Å²) in [5, 5.41) is 3.32. The molecule has 0 aromatic heterocycles. The van der Waals surface area contributed by atoms with Gasteiger partial charge in [-0.3, -0.25) is 9.89 Å². The number of hydrogen-bond acceptors (Lipinski definition) is 2. The van der Waals surface area contributed by atoms with E-state index >= 15 is 0 Å². The van der Waals surface area contributed by atoms with Crippen LogP contribution >= 0.6 is 0 Å². The molecule has 1 aliphatic carbocycles. The Morgan fingerprint density at radius 1 is 1.30 bits per heavy atom. The molecule has 1 aliphatic heterocycles. The molecule has 0 radical (unpaired) electrons. The van der Waals surface area contributed by atoms with Gasteiger partial charge in [0.2, 0.25) is 0 Å². The smallest absolute Gasteiger partial charge is 0.357 e. The minimum atomic E-state index is -4.13. The standard InChI is InChI=1S/C16H29F3N4/c1-3-20-14(23-11-8-15(12-23)6-4-7-15)21-9-5-10-22(2)13-16(17,18)19/h3-13H2,1-2H3,(H,20,21). The topological polar surface area (TPSA) is 30.9 Å². The Hall–Kier alpha value is -0.980. The van der Waals surface area contributed by atoms with Gasteiger partial charge in [0.25, 0.3) is 0 Å². The quantitative estimate of drug-likeness (QED) is 0.460. The lowest BCUT2D eigenvalue weighted by Crippen LogP contribution is -2.42. The summed E-state index contributed by atoms with van der Waals surface area (Å²) >= 11 is 0. The molecule has 0 aromatic rings. The summed E-state index contributed by atoms with van der Waals surface area (Å²) in [6.45, 7) is 5.09. The van der Waals surface area contributed by atoms with Crippen LogP contribution in [0.15, 0.2) is 4.99 Å². The van der Waals surface area contributed by atoms with E-state index in [2.05, 4.69) is 15.2 Å². The number of hydrogen-bond donors (Lipinski definition) is 1. The van der Waals surface area contributed by atoms with Crippen LogP contribution in [0.25, 0.3) is 0 Å². The lowest BCUT2D eigenvalue weighted by molar-refractivity contribution is -0.143. The molecule has 7 heteroatoms. The zero-order chi connectivity index (χ0) is 16.9. The van der Waals surface area contributed by atoms with E-state index in [4.69, 9.17) is 0 Å². The molecule has 1 spiro atoms. The van der Waals surface area contributed by atoms with Crippen molar-refractivity contribution in [3.63, 3.8) is 0 Å². The summed E-state index contributed by atoms with van der Waals surface area (Å²) in [5.74, 6) is 0.926. The molecule has 0 atom stereocenters. The van der Waals surface area contributed by atoms with Gasteiger partial charge in [-0.15, -0.1) is 0 Å². The van der Waals surface area contributed by atoms with Crippen LogP contribution in [0.1, 0.15) is 39.0 Å². The Morgan fingerprint density at radius 2 is 2.04 bits per heavy atom. The minimum Gasteiger partial charge on any atom is -0.357 e. The third-order valence-corrected chi connectivity index (χ3v) is 4.90. The van der Waals surface area contributed by atoms with Crippen molar-refractivity contribution in [2.75, 3.05) is 46.3 Å². The van der Waals surface area contributed by atoms with Gasteiger partial charge in [-0.2, -0.15) is 13.2 Å². The SMILES string of the molecule is CCNC(=NCCCN(C)CC(F)(F)F)N1CCC2(CCC2)C1. The second-order valence-corrected chi connectivity index (χ2v) is 6.97. The number of nitrogens with zero attached hydrogens (tertiary/aromatic N) is 3. The molecule has 0 bridgehead atoms. The fourth-order valence-electron chi connectivity index (χ4n) is 3.54. The molecule has 0 amide bonds. The van der Waals surface area contributed by atoms with Crippen molar-refractivity contribution in [1.82, 2.24) is 15.1 Å². The van der Waals surface area contributed by atoms with Crippen molar-refractivity contribution >= 4 is 5.96 Å². The van der Waals surface area contributed by atoms with Crippen LogP contribution < -0.4 is 5.32 Å². The summed E-state index contributed by atoms with van der Waals surface area (Å²) in [6.07, 6.45) is 1.75. The molecule has 0 aromatic carbocycles. The average Bonchev–Trinajstić information content (AvgIpc) is 2.85. The normalized spacial score (nSPS) is 21.1. The Labute approximate surface area is 137 Å². The first-order chi connectivity index (χ1) is 10.8. The molecule has 2 aliphatic rings. The van der Waals surface area contributed by atoms with E-state index in [1.165, 1.54) is 37.6 Å². The van der Waals surface area contributed by atoms with Crippen LogP contribution in [-0.4, -0.2) is 68.3 Å². The molecule has 23 heavy (non-hydrogen) atoms. The molecule has 0 unspecified atom stereocenters. The van der Waals surface area contributed by atoms with E-state index < -0.39 is 12.7 Å². The van der Waals surface area contributed by atoms with E-state index in [0.717, 1.165) is 25.6 Å². The van der Waals surface area contributed by atoms with Gasteiger partial charge in [0, 0.05) is 26.2 Å². The van der Waals surface area contributed by atoms with Crippen LogP contribution in [0.5, 0.6) is 0 Å². The van der Waals surface area contributed by atoms with Crippen molar-refractivity contribution in [3.8, 4) is 0 Å². The van der Waals surface area contributed by atoms with E-state index in [-0.39, 0.29) is 0 Å². The van der Waals surface area contributed by atoms with Crippen LogP contribution in [0.4, 0.5) is 13.2 Å². The van der Waals surface area contributed by atoms with E-state index in [9.17, 15) is 13.2 Å². The van der Waals surface area contributed by atoms with Crippen LogP contribution in [0.2, 0.25) is 0 Å². The van der Waals surface area contributed by atoms with E-state index in [1.807, 2.05) is 6.92 Å². The maximum Gasteiger partial charge on any atom is 0.401 e. The van der Waals surface area contributed by atoms with Crippen molar-refractivity contribution < 1.29 is 13.2 Å². The minimum absolute atomic E-state index is 0.409. The van der Waals surface area contributed by atoms with Crippen LogP contribution in [0, 0.1) is 5.41 Å². The molecule has 1 saturated heterocycles. The van der Waals surface area contributed by atoms with Gasteiger partial charge in [-0.25, -0.2) is 0 Å². The zero-order valence-corrected chi connectivity index (χ0v) is 14.3. The van der Waals surface area contributed by atoms with E-state index in [1.54, 1.807) is 0 Å². The number of nitrogens with one attached hydrogen (secondary N) is 1. The van der Waals surface area contributed by atoms with Crippen LogP contribution in [0.3, 0.4) is 0 Å². The Balaban J connectivity index is 1.76. The lowest BCUT2D eigenvalue weighted by Gasteiger charge is -2.38. The van der Waals surface area contributed by atoms with Crippen molar-refractivity contribution in [3.05, 3.63) is 0 Å². The third-order valence-electron chi connectivity index (χ3n) is 4.90. The summed E-state index contributed by atoms with van der Waals surface area (Å²) < 4.78 is 36.8. The Bertz CT molecular complexity index is 405. The summed E-state index contributed by atoms with van der Waals surface area (Å²) in [5.41, 5.74) is 0.517. The number of guanidine groups is 1. The predicted octanol–water partition coefficient (Wildman–Crippen LogP) is 2.71. The van der Waals surface area contributed by atoms with Gasteiger partial charge >= 0.3 is 6.18 Å². The van der Waals surface area contributed by atoms with Gasteiger partial charge in [0.1, 0.15) is 0 Å². The molecule has 1 saturated carbocycles. The summed E-state index contributed by atoms with van der Waals surface area (Å²) in [7, 11) is 1.50. The monoisotopic (exact) mass is 334 g/mol. The largest absolute Gasteiger partial charge is 0.401 e. The second-order valence-electron chi connectivity index (χ2n) is 6.97. The van der Waals surface area contributed by atoms with Gasteiger partial charge in [0.05, 0.1) is 6.54 Å². The highest BCUT2D eigenvalue weighted by atomic mass is 19.4. The number of aliphatic imine (C=N–C) groups is 1. The highest BCUT2D eigenvalue weighted by Crippen LogP contribution is 2.47. The van der Waals surface area contributed by atoms with Crippen molar-refractivity contribution in [2.45, 2.75) is 45.2 Å². The molecule has 2 rings (SSSR count). The van der Waals surface area contributed by atoms with E-state index in [0.29, 0.717) is 24.9 Å². The van der Waals surface area contributed by atoms with Crippen molar-refractivity contribution in [2.24, 2.45) is 10.4 Å². The summed E-state index contributed by atoms with van der Waals surface area (Å²) in [6, 6.07) is 0. The first-order valence-electron chi connectivity index (χ1n) is 8.62. The molecular formula is C16H29F3N4. The van der Waals surface area contributed by atoms with Crippen molar-refractivity contribution in [1.29, 1.82) is 0 Å². The highest BCUT2D eigenvalue weighted by Gasteiger charge is 2.43. The van der Waals surface area contributed by atoms with Gasteiger partial charge in [0.15, 0.2) is 5.96 Å². The zero-order valence-electron chi connectivity index (χ0n) is 14.3. The van der Waals surface area contributed by atoms with Crippen LogP contribution in [-0.2, 0) is 0 Å². The van der Waals surface area contributed by atoms with Gasteiger partial charge < -0.3 is 10.2 Å². The maximum atomic E-state index is 12.3. The first kappa shape index (κ1) is 18.4. The summed E-state index contributed by atoms with van der Waals surface area (Å²) in [4.78, 5) is 8.24. The van der Waals surface area contributed by atoms with Gasteiger partial charge in [-0.05, 0) is 51.6 Å². The number of rotatable bonds is 6. The average molecular weight is 334 g/mol. The fourth-order valence-corrected chi connectivity index (χ4v) is 3.54. The molecule has 1 heterocycles. The molecular weight excluding hydrogens is 305 g/mol. The molecule has 4 nitrogen and oxygen atoms in total. The second kappa shape index (κ2) is 7.73. The first-order valence-corrected chi connectivity index (χ1v) is 8.62. The third kappa shape index (κ3) is 5.55. The van der Waals surface area contributed by atoms with Gasteiger partial charge in [-0.1, -0.05) is 6.42 Å². The Kier molecular flexibility index (Phi) is 6.17. The predicted molar refractivity (Wildman–Crippen MR) is 86.6 cm³/mol. The number of likely N-dealkylation sites (tertiary alicyclic amines) is 1. The lowest BCUT2D eigenvalue weighted by atomic mass is 9.68. The highest BCUT2D eigenvalue weighted by molar-refractivity contribution is 5.80. The number of halogens is 3.